The SMILES string of the molecule is COCCOCCOCCOCCOCCOCCOCCOCCOCCOCCOCCOCCOCCNC(=O)CNC(=O)CNC(N)=O. The number of urea groups is 1. The molecule has 0 aliphatic rings. The van der Waals surface area contributed by atoms with Gasteiger partial charge in [-0.2, -0.15) is 0 Å². The van der Waals surface area contributed by atoms with Crippen LogP contribution in [-0.4, -0.2) is 210 Å². The van der Waals surface area contributed by atoms with E-state index in [1.54, 1.807) is 7.11 Å². The molecular formula is C32H64N4O16. The van der Waals surface area contributed by atoms with Crippen LogP contribution >= 0.6 is 0 Å². The van der Waals surface area contributed by atoms with Crippen LogP contribution in [0.1, 0.15) is 0 Å². The molecule has 0 saturated heterocycles. The molecule has 0 atom stereocenters. The van der Waals surface area contributed by atoms with Crippen molar-refractivity contribution < 1.29 is 76.0 Å². The van der Waals surface area contributed by atoms with Gasteiger partial charge in [-0.1, -0.05) is 0 Å². The van der Waals surface area contributed by atoms with Crippen molar-refractivity contribution in [2.75, 3.05) is 192 Å². The number of hydrogen-bond acceptors (Lipinski definition) is 16. The van der Waals surface area contributed by atoms with E-state index < -0.39 is 11.9 Å². The molecule has 0 aliphatic carbocycles. The van der Waals surface area contributed by atoms with E-state index in [-0.39, 0.29) is 25.5 Å². The molecule has 0 aromatic rings. The Morgan fingerprint density at radius 1 is 0.346 bits per heavy atom. The number of rotatable bonds is 43. The van der Waals surface area contributed by atoms with Gasteiger partial charge in [0, 0.05) is 13.7 Å². The second-order valence-corrected chi connectivity index (χ2v) is 10.2. The van der Waals surface area contributed by atoms with Crippen molar-refractivity contribution in [3.05, 3.63) is 0 Å². The van der Waals surface area contributed by atoms with Crippen molar-refractivity contribution in [1.82, 2.24) is 16.0 Å². The van der Waals surface area contributed by atoms with Gasteiger partial charge in [0.1, 0.15) is 0 Å². The Morgan fingerprint density at radius 3 is 0.846 bits per heavy atom. The highest BCUT2D eigenvalue weighted by Gasteiger charge is 2.05. The van der Waals surface area contributed by atoms with Crippen LogP contribution in [0, 0.1) is 0 Å². The largest absolute Gasteiger partial charge is 0.382 e. The van der Waals surface area contributed by atoms with E-state index in [9.17, 15) is 14.4 Å². The lowest BCUT2D eigenvalue weighted by molar-refractivity contribution is -0.125. The highest BCUT2D eigenvalue weighted by Crippen LogP contribution is 1.87. The second kappa shape index (κ2) is 43.1. The summed E-state index contributed by atoms with van der Waals surface area (Å²) in [6.45, 7) is 11.7. The van der Waals surface area contributed by atoms with E-state index in [0.29, 0.717) is 165 Å². The van der Waals surface area contributed by atoms with Crippen molar-refractivity contribution in [1.29, 1.82) is 0 Å². The molecule has 52 heavy (non-hydrogen) atoms. The predicted molar refractivity (Wildman–Crippen MR) is 185 cm³/mol. The van der Waals surface area contributed by atoms with Gasteiger partial charge in [0.25, 0.3) is 0 Å². The predicted octanol–water partition coefficient (Wildman–Crippen LogP) is -2.27. The minimum atomic E-state index is -0.818. The first-order chi connectivity index (χ1) is 25.6. The molecular weight excluding hydrogens is 696 g/mol. The molecule has 308 valence electrons. The molecule has 4 amide bonds. The third-order valence-electron chi connectivity index (χ3n) is 5.96. The molecule has 0 radical (unpaired) electrons. The van der Waals surface area contributed by atoms with Gasteiger partial charge in [0.2, 0.25) is 11.8 Å². The number of carbonyl (C=O) groups excluding carboxylic acids is 3. The smallest absolute Gasteiger partial charge is 0.312 e. The average Bonchev–Trinajstić information content (AvgIpc) is 3.14. The molecule has 0 fully saturated rings. The maximum absolute atomic E-state index is 11.6. The monoisotopic (exact) mass is 760 g/mol. The van der Waals surface area contributed by atoms with E-state index in [4.69, 9.17) is 67.3 Å². The molecule has 20 heteroatoms. The van der Waals surface area contributed by atoms with Gasteiger partial charge in [-0.15, -0.1) is 0 Å². The topological polar surface area (TPSA) is 233 Å². The van der Waals surface area contributed by atoms with Gasteiger partial charge in [0.15, 0.2) is 0 Å². The molecule has 0 heterocycles. The van der Waals surface area contributed by atoms with E-state index in [1.165, 1.54) is 0 Å². The molecule has 0 unspecified atom stereocenters. The highest BCUT2D eigenvalue weighted by molar-refractivity contribution is 5.87. The Balaban J connectivity index is 3.13. The third-order valence-corrected chi connectivity index (χ3v) is 5.96. The Bertz CT molecular complexity index is 791. The van der Waals surface area contributed by atoms with Gasteiger partial charge < -0.3 is 83.3 Å². The van der Waals surface area contributed by atoms with Crippen LogP contribution < -0.4 is 21.7 Å². The van der Waals surface area contributed by atoms with Gasteiger partial charge in [-0.25, -0.2) is 4.79 Å². The Kier molecular flexibility index (Phi) is 41.2. The third kappa shape index (κ3) is 43.9. The lowest BCUT2D eigenvalue weighted by Crippen LogP contribution is -2.43. The Morgan fingerprint density at radius 2 is 0.577 bits per heavy atom. The minimum absolute atomic E-state index is 0.212. The van der Waals surface area contributed by atoms with Gasteiger partial charge in [-0.3, -0.25) is 9.59 Å². The summed E-state index contributed by atoms with van der Waals surface area (Å²) in [5, 5.41) is 7.05. The molecule has 20 nitrogen and oxygen atoms in total. The fraction of sp³-hybridized carbons (Fsp3) is 0.906. The second-order valence-electron chi connectivity index (χ2n) is 10.2. The fourth-order valence-electron chi connectivity index (χ4n) is 3.40. The van der Waals surface area contributed by atoms with Crippen LogP contribution in [0.5, 0.6) is 0 Å². The molecule has 0 spiro atoms. The highest BCUT2D eigenvalue weighted by atomic mass is 16.6. The summed E-state index contributed by atoms with van der Waals surface area (Å²) in [5.41, 5.74) is 4.86. The summed E-state index contributed by atoms with van der Waals surface area (Å²) in [6.07, 6.45) is 0. The summed E-state index contributed by atoms with van der Waals surface area (Å²) in [4.78, 5) is 33.5. The fourth-order valence-corrected chi connectivity index (χ4v) is 3.40. The first-order valence-electron chi connectivity index (χ1n) is 17.5. The number of amides is 4. The van der Waals surface area contributed by atoms with Gasteiger partial charge in [0.05, 0.1) is 178 Å². The summed E-state index contributed by atoms with van der Waals surface area (Å²) in [6, 6.07) is -0.818. The quantitative estimate of drug-likeness (QED) is 0.0480. The summed E-state index contributed by atoms with van der Waals surface area (Å²) in [7, 11) is 1.64. The van der Waals surface area contributed by atoms with E-state index >= 15 is 0 Å². The van der Waals surface area contributed by atoms with Crippen LogP contribution in [0.2, 0.25) is 0 Å². The van der Waals surface area contributed by atoms with Crippen LogP contribution in [0.25, 0.3) is 0 Å². The minimum Gasteiger partial charge on any atom is -0.382 e. The van der Waals surface area contributed by atoms with Gasteiger partial charge in [-0.05, 0) is 0 Å². The number of nitrogens with one attached hydrogen (secondary N) is 3. The van der Waals surface area contributed by atoms with Crippen LogP contribution in [0.3, 0.4) is 0 Å². The van der Waals surface area contributed by atoms with Crippen molar-refractivity contribution in [2.45, 2.75) is 0 Å². The zero-order chi connectivity index (χ0) is 37.8. The number of nitrogens with two attached hydrogens (primary N) is 1. The normalized spacial score (nSPS) is 11.2. The van der Waals surface area contributed by atoms with Crippen LogP contribution in [0.4, 0.5) is 4.79 Å². The number of carbonyl (C=O) groups is 3. The maximum Gasteiger partial charge on any atom is 0.312 e. The zero-order valence-corrected chi connectivity index (χ0v) is 30.9. The summed E-state index contributed by atoms with van der Waals surface area (Å²) >= 11 is 0. The van der Waals surface area contributed by atoms with E-state index in [0.717, 1.165) is 0 Å². The molecule has 0 aromatic carbocycles. The van der Waals surface area contributed by atoms with Crippen molar-refractivity contribution in [2.24, 2.45) is 5.73 Å². The van der Waals surface area contributed by atoms with Crippen molar-refractivity contribution in [3.63, 3.8) is 0 Å². The van der Waals surface area contributed by atoms with E-state index in [1.807, 2.05) is 0 Å². The lowest BCUT2D eigenvalue weighted by Gasteiger charge is -2.09. The Hall–Kier alpha value is -2.31. The maximum atomic E-state index is 11.6. The van der Waals surface area contributed by atoms with Crippen LogP contribution in [-0.2, 0) is 71.2 Å². The molecule has 0 saturated carbocycles. The molecule has 0 rings (SSSR count). The first-order valence-corrected chi connectivity index (χ1v) is 17.5. The van der Waals surface area contributed by atoms with Gasteiger partial charge >= 0.3 is 6.03 Å². The van der Waals surface area contributed by atoms with Crippen molar-refractivity contribution >= 4 is 17.8 Å². The summed E-state index contributed by atoms with van der Waals surface area (Å²) < 4.78 is 70.0. The lowest BCUT2D eigenvalue weighted by atomic mass is 10.5. The molecule has 0 bridgehead atoms. The molecule has 0 aromatic heterocycles. The van der Waals surface area contributed by atoms with Crippen LogP contribution in [0.15, 0.2) is 0 Å². The summed E-state index contributed by atoms with van der Waals surface area (Å²) in [5.74, 6) is -0.900. The number of hydrogen-bond donors (Lipinski definition) is 4. The zero-order valence-electron chi connectivity index (χ0n) is 30.9. The number of ether oxygens (including phenoxy) is 13. The van der Waals surface area contributed by atoms with E-state index in [2.05, 4.69) is 16.0 Å². The number of methoxy groups -OCH3 is 1. The van der Waals surface area contributed by atoms with Crippen molar-refractivity contribution in [3.8, 4) is 0 Å². The standard InChI is InChI=1S/C32H64N4O16/c1-40-4-5-42-8-9-44-12-13-46-16-17-48-20-21-50-24-25-52-27-26-51-23-22-49-19-18-47-15-14-45-11-10-43-7-6-41-3-2-34-30(37)28-35-31(38)29-36-32(33)39/h2-29H2,1H3,(H,34,37)(H,35,38)(H3,33,36,39). The average molecular weight is 761 g/mol. The molecule has 0 aliphatic heterocycles. The number of primary amides is 1. The Labute approximate surface area is 307 Å². The first kappa shape index (κ1) is 49.7. The molecule has 5 N–H and O–H groups in total.